The van der Waals surface area contributed by atoms with Gasteiger partial charge in [0, 0.05) is 25.6 Å². The van der Waals surface area contributed by atoms with E-state index in [1.165, 1.54) is 18.2 Å². The Kier molecular flexibility index (Phi) is 7.84. The number of aromatic nitrogens is 3. The molecule has 1 aromatic heterocycles. The molecule has 1 heterocycles. The molecule has 0 saturated carbocycles. The Bertz CT molecular complexity index is 740. The zero-order valence-corrected chi connectivity index (χ0v) is 16.2. The van der Waals surface area contributed by atoms with Gasteiger partial charge in [-0.25, -0.2) is 4.39 Å². The summed E-state index contributed by atoms with van der Waals surface area (Å²) in [6.07, 6.45) is 6.68. The van der Waals surface area contributed by atoms with E-state index >= 15 is 0 Å². The number of amides is 1. The number of benzene rings is 1. The monoisotopic (exact) mass is 376 g/mol. The lowest BCUT2D eigenvalue weighted by Gasteiger charge is -2.11. The van der Waals surface area contributed by atoms with Gasteiger partial charge in [0.15, 0.2) is 5.16 Å². The third-order valence-electron chi connectivity index (χ3n) is 3.70. The molecule has 7 heteroatoms. The zero-order valence-electron chi connectivity index (χ0n) is 15.4. The number of halogens is 1. The number of hydrogen-bond acceptors (Lipinski definition) is 4. The number of nitrogens with one attached hydrogen (secondary N) is 1. The Morgan fingerprint density at radius 3 is 2.69 bits per heavy atom. The van der Waals surface area contributed by atoms with Crippen LogP contribution in [0.15, 0.2) is 35.5 Å². The van der Waals surface area contributed by atoms with E-state index in [4.69, 9.17) is 0 Å². The minimum absolute atomic E-state index is 0.164. The minimum Gasteiger partial charge on any atom is -0.353 e. The summed E-state index contributed by atoms with van der Waals surface area (Å²) in [7, 11) is 0. The van der Waals surface area contributed by atoms with Crippen molar-refractivity contribution in [3.05, 3.63) is 47.5 Å². The van der Waals surface area contributed by atoms with Crippen molar-refractivity contribution in [3.8, 4) is 0 Å². The quantitative estimate of drug-likeness (QED) is 0.413. The molecule has 2 rings (SSSR count). The number of thioether (sulfide) groups is 1. The van der Waals surface area contributed by atoms with Crippen LogP contribution in [0.5, 0.6) is 0 Å². The molecular formula is C19H25FN4OS. The van der Waals surface area contributed by atoms with Crippen molar-refractivity contribution in [1.29, 1.82) is 0 Å². The summed E-state index contributed by atoms with van der Waals surface area (Å²) in [6.45, 7) is 5.80. The Morgan fingerprint density at radius 1 is 1.31 bits per heavy atom. The average molecular weight is 377 g/mol. The van der Waals surface area contributed by atoms with E-state index < -0.39 is 0 Å². The predicted octanol–water partition coefficient (Wildman–Crippen LogP) is 3.56. The van der Waals surface area contributed by atoms with Crippen LogP contribution < -0.4 is 5.32 Å². The van der Waals surface area contributed by atoms with Crippen LogP contribution in [0.3, 0.4) is 0 Å². The summed E-state index contributed by atoms with van der Waals surface area (Å²) >= 11 is 1.59. The van der Waals surface area contributed by atoms with Crippen LogP contribution in [0.2, 0.25) is 0 Å². The molecule has 0 radical (unpaired) electrons. The topological polar surface area (TPSA) is 59.8 Å². The lowest BCUT2D eigenvalue weighted by atomic mass is 10.2. The highest BCUT2D eigenvalue weighted by molar-refractivity contribution is 7.98. The Morgan fingerprint density at radius 2 is 2.04 bits per heavy atom. The molecule has 0 saturated heterocycles. The summed E-state index contributed by atoms with van der Waals surface area (Å²) in [4.78, 5) is 11.8. The Balaban J connectivity index is 1.78. The lowest BCUT2D eigenvalue weighted by Crippen LogP contribution is -2.23. The van der Waals surface area contributed by atoms with Crippen LogP contribution in [0.4, 0.5) is 4.39 Å². The zero-order chi connectivity index (χ0) is 18.9. The molecule has 0 aliphatic carbocycles. The number of nitrogens with zero attached hydrogens (tertiary/aromatic N) is 3. The SMILES string of the molecule is CSc1nnc(CCCNC(=O)/C=C/c2ccc(F)cc2)n1CC(C)C. The first-order chi connectivity index (χ1) is 12.5. The third-order valence-corrected chi connectivity index (χ3v) is 4.36. The van der Waals surface area contributed by atoms with Crippen LogP contribution in [0.25, 0.3) is 6.08 Å². The molecule has 0 unspecified atom stereocenters. The Labute approximate surface area is 158 Å². The van der Waals surface area contributed by atoms with Crippen LogP contribution in [-0.4, -0.2) is 33.5 Å². The Hall–Kier alpha value is -2.15. The van der Waals surface area contributed by atoms with Crippen molar-refractivity contribution in [3.63, 3.8) is 0 Å². The maximum absolute atomic E-state index is 12.8. The number of carbonyl (C=O) groups excluding carboxylic acids is 1. The lowest BCUT2D eigenvalue weighted by molar-refractivity contribution is -0.116. The van der Waals surface area contributed by atoms with E-state index in [9.17, 15) is 9.18 Å². The number of aryl methyl sites for hydroxylation is 1. The third kappa shape index (κ3) is 6.29. The molecule has 0 spiro atoms. The molecule has 26 heavy (non-hydrogen) atoms. The smallest absolute Gasteiger partial charge is 0.243 e. The first-order valence-corrected chi connectivity index (χ1v) is 9.89. The number of rotatable bonds is 9. The molecule has 1 aromatic carbocycles. The molecule has 1 amide bonds. The van der Waals surface area contributed by atoms with E-state index in [1.54, 1.807) is 30.0 Å². The highest BCUT2D eigenvalue weighted by atomic mass is 32.2. The molecule has 2 aromatic rings. The van der Waals surface area contributed by atoms with E-state index in [0.29, 0.717) is 12.5 Å². The van der Waals surface area contributed by atoms with Crippen LogP contribution in [0.1, 0.15) is 31.7 Å². The molecule has 0 bridgehead atoms. The van der Waals surface area contributed by atoms with Gasteiger partial charge in [-0.05, 0) is 42.4 Å². The molecule has 0 fully saturated rings. The van der Waals surface area contributed by atoms with Crippen molar-refractivity contribution < 1.29 is 9.18 Å². The van der Waals surface area contributed by atoms with E-state index in [-0.39, 0.29) is 11.7 Å². The summed E-state index contributed by atoms with van der Waals surface area (Å²) in [5.74, 6) is 1.02. The summed E-state index contributed by atoms with van der Waals surface area (Å²) < 4.78 is 15.0. The molecule has 140 valence electrons. The van der Waals surface area contributed by atoms with E-state index in [1.807, 2.05) is 6.26 Å². The van der Waals surface area contributed by atoms with Crippen molar-refractivity contribution in [1.82, 2.24) is 20.1 Å². The van der Waals surface area contributed by atoms with E-state index in [0.717, 1.165) is 35.9 Å². The second-order valence-electron chi connectivity index (χ2n) is 6.39. The van der Waals surface area contributed by atoms with Gasteiger partial charge >= 0.3 is 0 Å². The molecule has 1 N–H and O–H groups in total. The summed E-state index contributed by atoms with van der Waals surface area (Å²) in [5, 5.41) is 12.3. The predicted molar refractivity (Wildman–Crippen MR) is 103 cm³/mol. The standard InChI is InChI=1S/C19H25FN4OS/c1-14(2)13-24-17(22-23-19(24)26-3)5-4-12-21-18(25)11-8-15-6-9-16(20)10-7-15/h6-11,14H,4-5,12-13H2,1-3H3,(H,21,25)/b11-8+. The molecule has 0 aliphatic heterocycles. The summed E-state index contributed by atoms with van der Waals surface area (Å²) in [5.41, 5.74) is 0.785. The van der Waals surface area contributed by atoms with Crippen molar-refractivity contribution >= 4 is 23.7 Å². The van der Waals surface area contributed by atoms with Crippen molar-refractivity contribution in [2.24, 2.45) is 5.92 Å². The van der Waals surface area contributed by atoms with Gasteiger partial charge in [0.1, 0.15) is 11.6 Å². The summed E-state index contributed by atoms with van der Waals surface area (Å²) in [6, 6.07) is 6.00. The van der Waals surface area contributed by atoms with Gasteiger partial charge in [-0.2, -0.15) is 0 Å². The first-order valence-electron chi connectivity index (χ1n) is 8.67. The molecule has 0 aliphatic rings. The van der Waals surface area contributed by atoms with Crippen LogP contribution >= 0.6 is 11.8 Å². The highest BCUT2D eigenvalue weighted by Crippen LogP contribution is 2.16. The molecule has 5 nitrogen and oxygen atoms in total. The van der Waals surface area contributed by atoms with Gasteiger partial charge in [-0.3, -0.25) is 4.79 Å². The fraction of sp³-hybridized carbons (Fsp3) is 0.421. The van der Waals surface area contributed by atoms with Gasteiger partial charge in [0.2, 0.25) is 5.91 Å². The van der Waals surface area contributed by atoms with Gasteiger partial charge < -0.3 is 9.88 Å². The van der Waals surface area contributed by atoms with Gasteiger partial charge in [0.25, 0.3) is 0 Å². The van der Waals surface area contributed by atoms with Crippen molar-refractivity contribution in [2.75, 3.05) is 12.8 Å². The minimum atomic E-state index is -0.290. The van der Waals surface area contributed by atoms with Gasteiger partial charge in [0.05, 0.1) is 0 Å². The van der Waals surface area contributed by atoms with E-state index in [2.05, 4.69) is 33.9 Å². The maximum atomic E-state index is 12.8. The van der Waals surface area contributed by atoms with Gasteiger partial charge in [-0.1, -0.05) is 37.7 Å². The largest absolute Gasteiger partial charge is 0.353 e. The fourth-order valence-corrected chi connectivity index (χ4v) is 2.99. The van der Waals surface area contributed by atoms with Crippen molar-refractivity contribution in [2.45, 2.75) is 38.4 Å². The highest BCUT2D eigenvalue weighted by Gasteiger charge is 2.12. The second kappa shape index (κ2) is 10.1. The number of hydrogen-bond donors (Lipinski definition) is 1. The molecule has 0 atom stereocenters. The maximum Gasteiger partial charge on any atom is 0.243 e. The van der Waals surface area contributed by atoms with Crippen LogP contribution in [0, 0.1) is 11.7 Å². The first kappa shape index (κ1) is 20.2. The normalized spacial score (nSPS) is 11.4. The average Bonchev–Trinajstić information content (AvgIpc) is 2.99. The molecular weight excluding hydrogens is 351 g/mol. The van der Waals surface area contributed by atoms with Gasteiger partial charge in [-0.15, -0.1) is 10.2 Å². The fourth-order valence-electron chi connectivity index (χ4n) is 2.47. The van der Waals surface area contributed by atoms with Crippen LogP contribution in [-0.2, 0) is 17.8 Å². The number of carbonyl (C=O) groups is 1. The second-order valence-corrected chi connectivity index (χ2v) is 7.16.